The van der Waals surface area contributed by atoms with Gasteiger partial charge in [-0.05, 0) is 128 Å². The predicted octanol–water partition coefficient (Wildman–Crippen LogP) is 21.7. The quantitative estimate of drug-likeness (QED) is 0.0261. The van der Waals surface area contributed by atoms with E-state index in [1.165, 1.54) is 57.8 Å². The van der Waals surface area contributed by atoms with Crippen LogP contribution in [0.15, 0.2) is 158 Å². The highest BCUT2D eigenvalue weighted by molar-refractivity contribution is 5.71. The standard InChI is InChI=1S/C72H114O6/c1-4-7-10-13-16-18-20-22-24-26-28-29-30-31-32-33-34-35-36-37-38-39-40-41-42-43-45-46-48-50-52-54-56-59-62-65-71(74)77-68-69(67-76-70(73)64-61-58-15-12-9-6-3)78-72(75)66-63-60-57-55-53-51-49-47-44-27-25-23-21-19-17-14-11-8-5-2/h7-8,10-11,16-19,22-25,28-29,31-32,34-35,37-38,40-41,43-45,47,69H,4-6,9,12-15,20-21,26-27,30,33,36,39,42,46,48-68H2,1-3H3/b10-7-,11-8-,18-16-,19-17-,24-22-,25-23-,29-28-,32-31-,35-34-,38-37-,41-40-,45-43-,47-44-. The van der Waals surface area contributed by atoms with Gasteiger partial charge < -0.3 is 14.2 Å². The van der Waals surface area contributed by atoms with Crippen LogP contribution < -0.4 is 0 Å². The topological polar surface area (TPSA) is 78.9 Å². The van der Waals surface area contributed by atoms with Crippen molar-refractivity contribution in [2.45, 2.75) is 264 Å². The van der Waals surface area contributed by atoms with Crippen LogP contribution in [0.4, 0.5) is 0 Å². The summed E-state index contributed by atoms with van der Waals surface area (Å²) in [4.78, 5) is 38.0. The van der Waals surface area contributed by atoms with Gasteiger partial charge in [-0.3, -0.25) is 14.4 Å². The molecule has 0 aromatic heterocycles. The number of rotatable bonds is 55. The van der Waals surface area contributed by atoms with E-state index in [1.54, 1.807) is 0 Å². The number of carbonyl (C=O) groups is 3. The molecule has 78 heavy (non-hydrogen) atoms. The second-order valence-electron chi connectivity index (χ2n) is 20.2. The summed E-state index contributed by atoms with van der Waals surface area (Å²) in [5, 5.41) is 0. The molecule has 0 saturated carbocycles. The molecule has 0 spiro atoms. The van der Waals surface area contributed by atoms with Gasteiger partial charge in [0, 0.05) is 19.3 Å². The fraction of sp³-hybridized carbons (Fsp3) is 0.597. The maximum absolute atomic E-state index is 12.8. The van der Waals surface area contributed by atoms with Gasteiger partial charge in [-0.25, -0.2) is 0 Å². The van der Waals surface area contributed by atoms with Crippen molar-refractivity contribution in [1.29, 1.82) is 0 Å². The molecule has 438 valence electrons. The minimum absolute atomic E-state index is 0.0923. The van der Waals surface area contributed by atoms with Gasteiger partial charge in [-0.15, -0.1) is 0 Å². The van der Waals surface area contributed by atoms with Gasteiger partial charge in [-0.2, -0.15) is 0 Å². The average Bonchev–Trinajstić information content (AvgIpc) is 3.44. The molecule has 0 heterocycles. The molecular weight excluding hydrogens is 961 g/mol. The Labute approximate surface area is 480 Å². The van der Waals surface area contributed by atoms with Crippen molar-refractivity contribution >= 4 is 17.9 Å². The number of hydrogen-bond donors (Lipinski definition) is 0. The first-order valence-corrected chi connectivity index (χ1v) is 31.5. The van der Waals surface area contributed by atoms with Crippen LogP contribution in [0, 0.1) is 0 Å². The second-order valence-corrected chi connectivity index (χ2v) is 20.2. The monoisotopic (exact) mass is 1070 g/mol. The molecule has 0 aromatic rings. The largest absolute Gasteiger partial charge is 0.462 e. The first-order valence-electron chi connectivity index (χ1n) is 31.5. The molecule has 6 nitrogen and oxygen atoms in total. The fourth-order valence-electron chi connectivity index (χ4n) is 8.13. The van der Waals surface area contributed by atoms with Crippen molar-refractivity contribution in [3.63, 3.8) is 0 Å². The Morgan fingerprint density at radius 2 is 0.500 bits per heavy atom. The van der Waals surface area contributed by atoms with Gasteiger partial charge in [0.05, 0.1) is 0 Å². The smallest absolute Gasteiger partial charge is 0.306 e. The number of ether oxygens (including phenoxy) is 3. The van der Waals surface area contributed by atoms with Crippen molar-refractivity contribution in [3.05, 3.63) is 158 Å². The molecule has 0 aliphatic heterocycles. The Morgan fingerprint density at radius 3 is 0.782 bits per heavy atom. The zero-order valence-corrected chi connectivity index (χ0v) is 50.1. The lowest BCUT2D eigenvalue weighted by Crippen LogP contribution is -2.30. The van der Waals surface area contributed by atoms with E-state index in [4.69, 9.17) is 14.2 Å². The van der Waals surface area contributed by atoms with E-state index in [-0.39, 0.29) is 31.1 Å². The molecule has 6 heteroatoms. The third kappa shape index (κ3) is 61.9. The van der Waals surface area contributed by atoms with E-state index in [0.29, 0.717) is 19.3 Å². The predicted molar refractivity (Wildman–Crippen MR) is 338 cm³/mol. The number of hydrogen-bond acceptors (Lipinski definition) is 6. The maximum Gasteiger partial charge on any atom is 0.306 e. The van der Waals surface area contributed by atoms with Gasteiger partial charge in [0.25, 0.3) is 0 Å². The minimum Gasteiger partial charge on any atom is -0.462 e. The highest BCUT2D eigenvalue weighted by Gasteiger charge is 2.19. The third-order valence-electron chi connectivity index (χ3n) is 12.8. The summed E-state index contributed by atoms with van der Waals surface area (Å²) in [6.07, 6.45) is 94.2. The average molecular weight is 1080 g/mol. The highest BCUT2D eigenvalue weighted by Crippen LogP contribution is 2.14. The minimum atomic E-state index is -0.794. The summed E-state index contributed by atoms with van der Waals surface area (Å²) < 4.78 is 16.8. The summed E-state index contributed by atoms with van der Waals surface area (Å²) in [6.45, 7) is 6.32. The fourth-order valence-corrected chi connectivity index (χ4v) is 8.13. The number of carbonyl (C=O) groups excluding carboxylic acids is 3. The Morgan fingerprint density at radius 1 is 0.269 bits per heavy atom. The summed E-state index contributed by atoms with van der Waals surface area (Å²) >= 11 is 0. The van der Waals surface area contributed by atoms with Crippen molar-refractivity contribution < 1.29 is 28.6 Å². The molecule has 0 bridgehead atoms. The van der Waals surface area contributed by atoms with Crippen molar-refractivity contribution in [1.82, 2.24) is 0 Å². The summed E-state index contributed by atoms with van der Waals surface area (Å²) in [7, 11) is 0. The third-order valence-corrected chi connectivity index (χ3v) is 12.8. The lowest BCUT2D eigenvalue weighted by atomic mass is 10.1. The number of unbranched alkanes of at least 4 members (excludes halogenated alkanes) is 18. The van der Waals surface area contributed by atoms with Crippen molar-refractivity contribution in [2.24, 2.45) is 0 Å². The highest BCUT2D eigenvalue weighted by atomic mass is 16.6. The van der Waals surface area contributed by atoms with Crippen LogP contribution >= 0.6 is 0 Å². The first kappa shape index (κ1) is 73.0. The van der Waals surface area contributed by atoms with Gasteiger partial charge in [-0.1, -0.05) is 269 Å². The molecule has 0 aliphatic rings. The van der Waals surface area contributed by atoms with E-state index >= 15 is 0 Å². The van der Waals surface area contributed by atoms with E-state index < -0.39 is 6.10 Å². The Balaban J connectivity index is 4.16. The zero-order chi connectivity index (χ0) is 56.4. The van der Waals surface area contributed by atoms with Crippen LogP contribution in [-0.4, -0.2) is 37.2 Å². The molecule has 0 rings (SSSR count). The van der Waals surface area contributed by atoms with Crippen molar-refractivity contribution in [2.75, 3.05) is 13.2 Å². The molecule has 0 aromatic carbocycles. The molecule has 0 amide bonds. The van der Waals surface area contributed by atoms with Crippen LogP contribution in [0.3, 0.4) is 0 Å². The summed E-state index contributed by atoms with van der Waals surface area (Å²) in [5.74, 6) is -0.933. The van der Waals surface area contributed by atoms with Gasteiger partial charge >= 0.3 is 17.9 Å². The molecular formula is C72H114O6. The SMILES string of the molecule is CC/C=C\C/C=C\C/C=C\C/C=C\C/C=C\C/C=C\C/C=C\C/C=C\C/C=C\CCCCCCCCCC(=O)OCC(COC(=O)CCCCCCCC)OC(=O)CCCCCCCC/C=C\C/C=C\C/C=C\C/C=C\CC. The van der Waals surface area contributed by atoms with Gasteiger partial charge in [0.2, 0.25) is 0 Å². The lowest BCUT2D eigenvalue weighted by Gasteiger charge is -2.18. The van der Waals surface area contributed by atoms with Gasteiger partial charge in [0.1, 0.15) is 13.2 Å². The molecule has 0 radical (unpaired) electrons. The normalized spacial score (nSPS) is 13.2. The van der Waals surface area contributed by atoms with Crippen LogP contribution in [0.1, 0.15) is 258 Å². The first-order chi connectivity index (χ1) is 38.5. The lowest BCUT2D eigenvalue weighted by molar-refractivity contribution is -0.167. The molecule has 0 N–H and O–H groups in total. The van der Waals surface area contributed by atoms with Gasteiger partial charge in [0.15, 0.2) is 6.10 Å². The van der Waals surface area contributed by atoms with Crippen LogP contribution in [0.5, 0.6) is 0 Å². The second kappa shape index (κ2) is 64.6. The van der Waals surface area contributed by atoms with E-state index in [0.717, 1.165) is 161 Å². The molecule has 0 aliphatic carbocycles. The van der Waals surface area contributed by atoms with Crippen LogP contribution in [0.2, 0.25) is 0 Å². The zero-order valence-electron chi connectivity index (χ0n) is 50.1. The van der Waals surface area contributed by atoms with Crippen LogP contribution in [-0.2, 0) is 28.6 Å². The Hall–Kier alpha value is -4.97. The summed E-state index contributed by atoms with van der Waals surface area (Å²) in [5.41, 5.74) is 0. The Bertz CT molecular complexity index is 1760. The molecule has 1 unspecified atom stereocenters. The molecule has 1 atom stereocenters. The van der Waals surface area contributed by atoms with Crippen molar-refractivity contribution in [3.8, 4) is 0 Å². The van der Waals surface area contributed by atoms with E-state index in [2.05, 4.69) is 179 Å². The number of allylic oxidation sites excluding steroid dienone is 26. The van der Waals surface area contributed by atoms with Crippen LogP contribution in [0.25, 0.3) is 0 Å². The number of esters is 3. The maximum atomic E-state index is 12.8. The van der Waals surface area contributed by atoms with E-state index in [9.17, 15) is 14.4 Å². The Kier molecular flexibility index (Phi) is 60.4. The van der Waals surface area contributed by atoms with E-state index in [1.807, 2.05) is 0 Å². The summed E-state index contributed by atoms with van der Waals surface area (Å²) in [6, 6.07) is 0. The molecule has 0 fully saturated rings. The molecule has 0 saturated heterocycles.